The molecule has 0 heterocycles. The van der Waals surface area contributed by atoms with E-state index in [0.717, 1.165) is 89.9 Å². The van der Waals surface area contributed by atoms with E-state index in [1.54, 1.807) is 0 Å². The zero-order chi connectivity index (χ0) is 46.2. The van der Waals surface area contributed by atoms with Crippen LogP contribution in [0.1, 0.15) is 155 Å². The van der Waals surface area contributed by atoms with Gasteiger partial charge in [-0.25, -0.2) is 4.57 Å². The Labute approximate surface area is 382 Å². The number of carboxylic acid groups (broad SMARTS) is 1. The van der Waals surface area contributed by atoms with Crippen LogP contribution in [0.15, 0.2) is 122 Å². The van der Waals surface area contributed by atoms with Crippen LogP contribution in [-0.2, 0) is 32.7 Å². The van der Waals surface area contributed by atoms with Crippen LogP contribution >= 0.6 is 7.82 Å². The van der Waals surface area contributed by atoms with Crippen molar-refractivity contribution >= 4 is 19.8 Å². The molecule has 3 unspecified atom stereocenters. The summed E-state index contributed by atoms with van der Waals surface area (Å²) in [7, 11) is -4.65. The van der Waals surface area contributed by atoms with Gasteiger partial charge in [0.25, 0.3) is 0 Å². The van der Waals surface area contributed by atoms with E-state index in [4.69, 9.17) is 29.4 Å². The summed E-state index contributed by atoms with van der Waals surface area (Å²) in [6.07, 6.45) is 64.0. The van der Waals surface area contributed by atoms with E-state index in [2.05, 4.69) is 129 Å². The Morgan fingerprint density at radius 3 is 1.30 bits per heavy atom. The Balaban J connectivity index is 4.30. The number of carbonyl (C=O) groups is 2. The van der Waals surface area contributed by atoms with E-state index in [0.29, 0.717) is 19.4 Å². The van der Waals surface area contributed by atoms with Gasteiger partial charge >= 0.3 is 19.8 Å². The summed E-state index contributed by atoms with van der Waals surface area (Å²) < 4.78 is 33.4. The van der Waals surface area contributed by atoms with Crippen molar-refractivity contribution in [2.75, 3.05) is 26.4 Å². The van der Waals surface area contributed by atoms with Gasteiger partial charge < -0.3 is 25.2 Å². The molecule has 0 aromatic heterocycles. The van der Waals surface area contributed by atoms with Crippen LogP contribution < -0.4 is 5.73 Å². The standard InChI is InChI=1S/C52H84NO9P/c1-3-5-7-9-11-13-15-17-19-21-22-23-24-25-26-27-29-31-33-35-37-39-41-43-45-59-46-49(47-60-63(57,58)61-48-50(53)52(55)56)62-51(54)44-42-40-38-36-34-32-30-28-20-18-16-14-12-10-8-6-4-2/h5-8,11-14,17-20,22-23,25-26,30,32,36,38,49-50H,3-4,9-10,15-16,21,24,27-29,31,33-35,37,39-48,53H2,1-2H3,(H,55,56)(H,57,58)/b7-5-,8-6-,13-11-,14-12-,19-17-,20-18-,23-22-,26-25-,32-30-,38-36-. The molecule has 0 rings (SSSR count). The van der Waals surface area contributed by atoms with Gasteiger partial charge in [0.2, 0.25) is 0 Å². The molecule has 11 heteroatoms. The minimum Gasteiger partial charge on any atom is -0.480 e. The molecule has 0 bridgehead atoms. The maximum Gasteiger partial charge on any atom is 0.472 e. The molecule has 0 saturated heterocycles. The highest BCUT2D eigenvalue weighted by molar-refractivity contribution is 7.47. The first-order valence-electron chi connectivity index (χ1n) is 23.6. The third-order valence-corrected chi connectivity index (χ3v) is 10.2. The van der Waals surface area contributed by atoms with Crippen molar-refractivity contribution in [3.63, 3.8) is 0 Å². The molecule has 0 aromatic rings. The number of nitrogens with two attached hydrogens (primary N) is 1. The SMILES string of the molecule is CC/C=C\C/C=C\C/C=C\C/C=C\C/C=C\CCCCCCCCCCOCC(COP(=O)(O)OCC(N)C(=O)O)OC(=O)CCC/C=C\C/C=C\C/C=C\C/C=C\C/C=C\CC. The summed E-state index contributed by atoms with van der Waals surface area (Å²) in [5.74, 6) is -1.85. The summed E-state index contributed by atoms with van der Waals surface area (Å²) in [6.45, 7) is 3.53. The van der Waals surface area contributed by atoms with Crippen molar-refractivity contribution in [1.82, 2.24) is 0 Å². The largest absolute Gasteiger partial charge is 0.480 e. The number of hydrogen-bond acceptors (Lipinski definition) is 8. The van der Waals surface area contributed by atoms with E-state index in [1.165, 1.54) is 32.1 Å². The Morgan fingerprint density at radius 2 is 0.873 bits per heavy atom. The molecule has 3 atom stereocenters. The van der Waals surface area contributed by atoms with E-state index in [-0.39, 0.29) is 13.0 Å². The molecule has 0 aliphatic rings. The Kier molecular flexibility index (Phi) is 43.7. The lowest BCUT2D eigenvalue weighted by Gasteiger charge is -2.20. The minimum absolute atomic E-state index is 0.0208. The molecular formula is C52H84NO9P. The molecule has 0 amide bonds. The summed E-state index contributed by atoms with van der Waals surface area (Å²) >= 11 is 0. The molecule has 0 radical (unpaired) electrons. The van der Waals surface area contributed by atoms with Crippen molar-refractivity contribution in [2.24, 2.45) is 5.73 Å². The highest BCUT2D eigenvalue weighted by atomic mass is 31.2. The molecule has 10 nitrogen and oxygen atoms in total. The van der Waals surface area contributed by atoms with Crippen LogP contribution in [0.5, 0.6) is 0 Å². The molecule has 0 spiro atoms. The summed E-state index contributed by atoms with van der Waals surface area (Å²) in [6, 6.07) is -1.49. The second kappa shape index (κ2) is 46.4. The van der Waals surface area contributed by atoms with Crippen molar-refractivity contribution < 1.29 is 42.7 Å². The predicted molar refractivity (Wildman–Crippen MR) is 262 cm³/mol. The summed E-state index contributed by atoms with van der Waals surface area (Å²) in [5.41, 5.74) is 5.36. The fourth-order valence-corrected chi connectivity index (χ4v) is 6.44. The summed E-state index contributed by atoms with van der Waals surface area (Å²) in [4.78, 5) is 33.6. The van der Waals surface area contributed by atoms with Crippen molar-refractivity contribution in [1.29, 1.82) is 0 Å². The Morgan fingerprint density at radius 1 is 0.508 bits per heavy atom. The number of allylic oxidation sites excluding steroid dienone is 20. The van der Waals surface area contributed by atoms with Gasteiger partial charge in [0.05, 0.1) is 19.8 Å². The van der Waals surface area contributed by atoms with Crippen LogP contribution in [-0.4, -0.2) is 60.5 Å². The number of carboxylic acids is 1. The van der Waals surface area contributed by atoms with Crippen LogP contribution in [0.2, 0.25) is 0 Å². The Hall–Kier alpha value is -3.63. The number of carbonyl (C=O) groups excluding carboxylic acids is 1. The topological polar surface area (TPSA) is 155 Å². The quantitative estimate of drug-likeness (QED) is 0.0233. The molecular weight excluding hydrogens is 814 g/mol. The highest BCUT2D eigenvalue weighted by Crippen LogP contribution is 2.43. The first-order valence-corrected chi connectivity index (χ1v) is 25.1. The van der Waals surface area contributed by atoms with Gasteiger partial charge in [0.15, 0.2) is 0 Å². The molecule has 0 aromatic carbocycles. The third-order valence-electron chi connectivity index (χ3n) is 9.24. The fourth-order valence-electron chi connectivity index (χ4n) is 5.66. The zero-order valence-corrected chi connectivity index (χ0v) is 39.8. The minimum atomic E-state index is -4.65. The molecule has 0 saturated carbocycles. The number of unbranched alkanes of at least 4 members (excludes halogenated alkanes) is 9. The van der Waals surface area contributed by atoms with Crippen molar-refractivity contribution in [3.05, 3.63) is 122 Å². The lowest BCUT2D eigenvalue weighted by Crippen LogP contribution is -2.34. The van der Waals surface area contributed by atoms with Gasteiger partial charge in [0, 0.05) is 13.0 Å². The molecule has 0 aliphatic heterocycles. The second-order valence-corrected chi connectivity index (χ2v) is 16.6. The maximum absolute atomic E-state index is 12.6. The molecule has 4 N–H and O–H groups in total. The second-order valence-electron chi connectivity index (χ2n) is 15.1. The number of phosphoric acid groups is 1. The number of aliphatic carboxylic acids is 1. The maximum atomic E-state index is 12.6. The first kappa shape index (κ1) is 59.4. The lowest BCUT2D eigenvalue weighted by molar-refractivity contribution is -0.154. The monoisotopic (exact) mass is 898 g/mol. The fraction of sp³-hybridized carbons (Fsp3) is 0.577. The van der Waals surface area contributed by atoms with E-state index in [9.17, 15) is 19.0 Å². The highest BCUT2D eigenvalue weighted by Gasteiger charge is 2.27. The number of hydrogen-bond donors (Lipinski definition) is 3. The van der Waals surface area contributed by atoms with Gasteiger partial charge in [0.1, 0.15) is 12.1 Å². The van der Waals surface area contributed by atoms with E-state index < -0.39 is 45.1 Å². The lowest BCUT2D eigenvalue weighted by atomic mass is 10.1. The van der Waals surface area contributed by atoms with Gasteiger partial charge in [-0.15, -0.1) is 0 Å². The first-order chi connectivity index (χ1) is 30.7. The predicted octanol–water partition coefficient (Wildman–Crippen LogP) is 13.6. The Bertz CT molecular complexity index is 1460. The molecule has 63 heavy (non-hydrogen) atoms. The smallest absolute Gasteiger partial charge is 0.472 e. The van der Waals surface area contributed by atoms with Gasteiger partial charge in [-0.1, -0.05) is 174 Å². The average molecular weight is 898 g/mol. The van der Waals surface area contributed by atoms with Crippen LogP contribution in [0.25, 0.3) is 0 Å². The number of ether oxygens (including phenoxy) is 2. The van der Waals surface area contributed by atoms with Crippen molar-refractivity contribution in [2.45, 2.75) is 167 Å². The van der Waals surface area contributed by atoms with Gasteiger partial charge in [-0.3, -0.25) is 18.6 Å². The van der Waals surface area contributed by atoms with E-state index >= 15 is 0 Å². The number of phosphoric ester groups is 1. The zero-order valence-electron chi connectivity index (χ0n) is 38.9. The number of esters is 1. The van der Waals surface area contributed by atoms with E-state index in [1.807, 2.05) is 6.08 Å². The normalized spacial score (nSPS) is 14.9. The summed E-state index contributed by atoms with van der Waals surface area (Å²) in [5, 5.41) is 8.91. The third kappa shape index (κ3) is 46.2. The number of rotatable bonds is 43. The van der Waals surface area contributed by atoms with Crippen LogP contribution in [0.4, 0.5) is 0 Å². The van der Waals surface area contributed by atoms with Crippen LogP contribution in [0.3, 0.4) is 0 Å². The van der Waals surface area contributed by atoms with Gasteiger partial charge in [-0.05, 0) is 96.3 Å². The van der Waals surface area contributed by atoms with Gasteiger partial charge in [-0.2, -0.15) is 0 Å². The molecule has 356 valence electrons. The molecule has 0 fully saturated rings. The average Bonchev–Trinajstić information content (AvgIpc) is 3.26. The molecule has 0 aliphatic carbocycles. The van der Waals surface area contributed by atoms with Crippen molar-refractivity contribution in [3.8, 4) is 0 Å². The van der Waals surface area contributed by atoms with Crippen LogP contribution in [0, 0.1) is 0 Å².